The van der Waals surface area contributed by atoms with Crippen LogP contribution in [0, 0.1) is 11.3 Å². The number of nitrogens with zero attached hydrogens (tertiary/aromatic N) is 2. The first-order valence-electron chi connectivity index (χ1n) is 3.90. The third-order valence-corrected chi connectivity index (χ3v) is 1.71. The van der Waals surface area contributed by atoms with Crippen LogP contribution in [0.3, 0.4) is 0 Å². The minimum atomic E-state index is -0.261. The van der Waals surface area contributed by atoms with Crippen molar-refractivity contribution in [1.29, 1.82) is 5.26 Å². The van der Waals surface area contributed by atoms with Gasteiger partial charge in [-0.2, -0.15) is 5.26 Å². The second-order valence-corrected chi connectivity index (χ2v) is 2.60. The Morgan fingerprint density at radius 3 is 2.79 bits per heavy atom. The van der Waals surface area contributed by atoms with E-state index in [4.69, 9.17) is 15.7 Å². The number of aromatic nitrogens is 1. The normalized spacial score (nSPS) is 10.9. The topological polar surface area (TPSA) is 71.9 Å². The van der Waals surface area contributed by atoms with Crippen LogP contribution in [0.15, 0.2) is 18.3 Å². The van der Waals surface area contributed by atoms with Gasteiger partial charge in [0.05, 0.1) is 19.6 Å². The van der Waals surface area contributed by atoms with Crippen LogP contribution in [-0.4, -0.2) is 12.1 Å². The molecular formula is C9H12ClN3O. The fourth-order valence-corrected chi connectivity index (χ4v) is 0.948. The van der Waals surface area contributed by atoms with E-state index in [9.17, 15) is 0 Å². The summed E-state index contributed by atoms with van der Waals surface area (Å²) >= 11 is 0. The van der Waals surface area contributed by atoms with E-state index in [2.05, 4.69) is 4.98 Å². The van der Waals surface area contributed by atoms with Gasteiger partial charge in [0.2, 0.25) is 5.88 Å². The Morgan fingerprint density at radius 1 is 1.64 bits per heavy atom. The molecule has 0 aliphatic carbocycles. The summed E-state index contributed by atoms with van der Waals surface area (Å²) in [6.45, 7) is 0. The second-order valence-electron chi connectivity index (χ2n) is 2.60. The summed E-state index contributed by atoms with van der Waals surface area (Å²) in [6.07, 6.45) is 1.93. The summed E-state index contributed by atoms with van der Waals surface area (Å²) in [5.41, 5.74) is 6.54. The molecule has 14 heavy (non-hydrogen) atoms. The molecule has 76 valence electrons. The van der Waals surface area contributed by atoms with Crippen molar-refractivity contribution in [1.82, 2.24) is 4.98 Å². The van der Waals surface area contributed by atoms with E-state index < -0.39 is 0 Å². The largest absolute Gasteiger partial charge is 0.481 e. The van der Waals surface area contributed by atoms with Crippen LogP contribution in [0.4, 0.5) is 0 Å². The predicted molar refractivity (Wildman–Crippen MR) is 55.2 cm³/mol. The molecule has 1 aromatic heterocycles. The number of nitriles is 1. The molecule has 0 unspecified atom stereocenters. The van der Waals surface area contributed by atoms with Crippen molar-refractivity contribution in [2.24, 2.45) is 5.73 Å². The zero-order valence-electron chi connectivity index (χ0n) is 7.80. The molecule has 5 heteroatoms. The van der Waals surface area contributed by atoms with Gasteiger partial charge in [0.15, 0.2) is 0 Å². The van der Waals surface area contributed by atoms with Crippen molar-refractivity contribution >= 4 is 12.4 Å². The molecule has 2 N–H and O–H groups in total. The third-order valence-electron chi connectivity index (χ3n) is 1.71. The molecule has 0 aliphatic rings. The first kappa shape index (κ1) is 12.7. The van der Waals surface area contributed by atoms with Crippen molar-refractivity contribution in [3.63, 3.8) is 0 Å². The standard InChI is InChI=1S/C9H11N3O.ClH/c1-13-9-3-2-7(6-12-9)8(11)4-5-10;/h2-3,6,8H,4,11H2,1H3;1H/t8-;/m0./s1. The summed E-state index contributed by atoms with van der Waals surface area (Å²) < 4.78 is 4.89. The monoisotopic (exact) mass is 213 g/mol. The molecule has 0 radical (unpaired) electrons. The van der Waals surface area contributed by atoms with Gasteiger partial charge < -0.3 is 10.5 Å². The highest BCUT2D eigenvalue weighted by atomic mass is 35.5. The molecule has 0 fully saturated rings. The second kappa shape index (κ2) is 6.19. The zero-order valence-corrected chi connectivity index (χ0v) is 8.62. The lowest BCUT2D eigenvalue weighted by Crippen LogP contribution is -2.09. The molecule has 4 nitrogen and oxygen atoms in total. The van der Waals surface area contributed by atoms with E-state index in [1.807, 2.05) is 12.1 Å². The number of ether oxygens (including phenoxy) is 1. The fraction of sp³-hybridized carbons (Fsp3) is 0.333. The Kier molecular flexibility index (Phi) is 5.61. The smallest absolute Gasteiger partial charge is 0.212 e. The zero-order chi connectivity index (χ0) is 9.68. The Labute approximate surface area is 89.1 Å². The highest BCUT2D eigenvalue weighted by Gasteiger charge is 2.05. The number of pyridine rings is 1. The van der Waals surface area contributed by atoms with Gasteiger partial charge in [0.1, 0.15) is 0 Å². The van der Waals surface area contributed by atoms with Gasteiger partial charge in [-0.15, -0.1) is 12.4 Å². The average molecular weight is 214 g/mol. The van der Waals surface area contributed by atoms with Crippen LogP contribution in [0.2, 0.25) is 0 Å². The molecule has 0 amide bonds. The van der Waals surface area contributed by atoms with Crippen LogP contribution >= 0.6 is 12.4 Å². The van der Waals surface area contributed by atoms with E-state index in [-0.39, 0.29) is 18.4 Å². The van der Waals surface area contributed by atoms with Crippen LogP contribution in [0.25, 0.3) is 0 Å². The molecule has 1 aromatic rings. The number of rotatable bonds is 3. The Bertz CT molecular complexity index is 307. The summed E-state index contributed by atoms with van der Waals surface area (Å²) in [7, 11) is 1.55. The maximum absolute atomic E-state index is 8.42. The number of nitrogens with two attached hydrogens (primary N) is 1. The van der Waals surface area contributed by atoms with Crippen molar-refractivity contribution in [3.8, 4) is 11.9 Å². The summed E-state index contributed by atoms with van der Waals surface area (Å²) in [5.74, 6) is 0.549. The highest BCUT2D eigenvalue weighted by Crippen LogP contribution is 2.14. The first-order chi connectivity index (χ1) is 6.27. The predicted octanol–water partition coefficient (Wildman–Crippen LogP) is 1.43. The number of hydrogen-bond donors (Lipinski definition) is 1. The van der Waals surface area contributed by atoms with Crippen molar-refractivity contribution in [2.75, 3.05) is 7.11 Å². The minimum absolute atomic E-state index is 0. The van der Waals surface area contributed by atoms with Crippen LogP contribution in [-0.2, 0) is 0 Å². The molecule has 0 aliphatic heterocycles. The van der Waals surface area contributed by atoms with Gasteiger partial charge in [-0.25, -0.2) is 4.98 Å². The van der Waals surface area contributed by atoms with Crippen LogP contribution < -0.4 is 10.5 Å². The van der Waals surface area contributed by atoms with Crippen molar-refractivity contribution in [2.45, 2.75) is 12.5 Å². The molecule has 0 bridgehead atoms. The lowest BCUT2D eigenvalue weighted by molar-refractivity contribution is 0.397. The molecule has 0 aromatic carbocycles. The molecule has 1 atom stereocenters. The number of hydrogen-bond acceptors (Lipinski definition) is 4. The van der Waals surface area contributed by atoms with Gasteiger partial charge in [-0.05, 0) is 5.56 Å². The van der Waals surface area contributed by atoms with Crippen molar-refractivity contribution in [3.05, 3.63) is 23.9 Å². The number of methoxy groups -OCH3 is 1. The maximum atomic E-state index is 8.42. The SMILES string of the molecule is COc1ccc([C@@H](N)CC#N)cn1.Cl. The van der Waals surface area contributed by atoms with Gasteiger partial charge in [0.25, 0.3) is 0 Å². The highest BCUT2D eigenvalue weighted by molar-refractivity contribution is 5.85. The Balaban J connectivity index is 0.00000169. The van der Waals surface area contributed by atoms with Gasteiger partial charge in [-0.1, -0.05) is 6.07 Å². The summed E-state index contributed by atoms with van der Waals surface area (Å²) in [5, 5.41) is 8.42. The average Bonchev–Trinajstić information content (AvgIpc) is 2.18. The molecule has 0 spiro atoms. The van der Waals surface area contributed by atoms with E-state index in [1.54, 1.807) is 19.4 Å². The lowest BCUT2D eigenvalue weighted by Gasteiger charge is -2.07. The molecule has 0 saturated heterocycles. The first-order valence-corrected chi connectivity index (χ1v) is 3.90. The van der Waals surface area contributed by atoms with E-state index >= 15 is 0 Å². The van der Waals surface area contributed by atoms with E-state index in [0.29, 0.717) is 12.3 Å². The maximum Gasteiger partial charge on any atom is 0.212 e. The molecule has 1 rings (SSSR count). The van der Waals surface area contributed by atoms with Gasteiger partial charge in [-0.3, -0.25) is 0 Å². The molecule has 0 saturated carbocycles. The Hall–Kier alpha value is -1.31. The van der Waals surface area contributed by atoms with Crippen molar-refractivity contribution < 1.29 is 4.74 Å². The summed E-state index contributed by atoms with van der Waals surface area (Å²) in [6, 6.07) is 5.29. The van der Waals surface area contributed by atoms with E-state index in [1.165, 1.54) is 0 Å². The van der Waals surface area contributed by atoms with Gasteiger partial charge >= 0.3 is 0 Å². The Morgan fingerprint density at radius 2 is 2.36 bits per heavy atom. The fourth-order valence-electron chi connectivity index (χ4n) is 0.948. The van der Waals surface area contributed by atoms with Crippen LogP contribution in [0.1, 0.15) is 18.0 Å². The van der Waals surface area contributed by atoms with Crippen LogP contribution in [0.5, 0.6) is 5.88 Å². The molecular weight excluding hydrogens is 202 g/mol. The lowest BCUT2D eigenvalue weighted by atomic mass is 10.1. The quantitative estimate of drug-likeness (QED) is 0.825. The third kappa shape index (κ3) is 3.21. The molecule has 1 heterocycles. The van der Waals surface area contributed by atoms with Gasteiger partial charge in [0, 0.05) is 18.3 Å². The summed E-state index contributed by atoms with van der Waals surface area (Å²) in [4.78, 5) is 3.99. The number of halogens is 1. The minimum Gasteiger partial charge on any atom is -0.481 e. The van der Waals surface area contributed by atoms with E-state index in [0.717, 1.165) is 5.56 Å².